The van der Waals surface area contributed by atoms with E-state index in [1.54, 1.807) is 4.90 Å². The van der Waals surface area contributed by atoms with Gasteiger partial charge in [-0.05, 0) is 19.3 Å². The van der Waals surface area contributed by atoms with E-state index in [0.717, 1.165) is 19.4 Å². The van der Waals surface area contributed by atoms with Crippen LogP contribution in [-0.4, -0.2) is 48.2 Å². The van der Waals surface area contributed by atoms with Gasteiger partial charge in [0.15, 0.2) is 0 Å². The summed E-state index contributed by atoms with van der Waals surface area (Å²) in [6.07, 6.45) is 2.59. The molecule has 5 nitrogen and oxygen atoms in total. The molecule has 1 saturated heterocycles. The van der Waals surface area contributed by atoms with Crippen LogP contribution >= 0.6 is 0 Å². The summed E-state index contributed by atoms with van der Waals surface area (Å²) in [6, 6.07) is 0. The first-order valence-corrected chi connectivity index (χ1v) is 6.23. The van der Waals surface area contributed by atoms with Crippen LogP contribution in [-0.2, 0) is 14.3 Å². The zero-order valence-electron chi connectivity index (χ0n) is 10.4. The predicted molar refractivity (Wildman–Crippen MR) is 62.7 cm³/mol. The van der Waals surface area contributed by atoms with Gasteiger partial charge in [0, 0.05) is 32.7 Å². The molecule has 1 fully saturated rings. The molecular weight excluding hydrogens is 222 g/mol. The van der Waals surface area contributed by atoms with Gasteiger partial charge in [0.2, 0.25) is 5.91 Å². The fourth-order valence-corrected chi connectivity index (χ4v) is 1.94. The second-order valence-corrected chi connectivity index (χ2v) is 4.38. The van der Waals surface area contributed by atoms with Gasteiger partial charge < -0.3 is 14.7 Å². The Balaban J connectivity index is 2.25. The fraction of sp³-hybridized carbons (Fsp3) is 0.833. The van der Waals surface area contributed by atoms with Crippen molar-refractivity contribution in [3.8, 4) is 0 Å². The molecular formula is C12H21NO4. The van der Waals surface area contributed by atoms with E-state index >= 15 is 0 Å². The van der Waals surface area contributed by atoms with Crippen molar-refractivity contribution in [1.82, 2.24) is 4.90 Å². The molecule has 1 rings (SSSR count). The summed E-state index contributed by atoms with van der Waals surface area (Å²) in [4.78, 5) is 24.1. The Bertz CT molecular complexity index is 267. The maximum absolute atomic E-state index is 11.6. The molecule has 0 radical (unpaired) electrons. The summed E-state index contributed by atoms with van der Waals surface area (Å²) < 4.78 is 5.33. The van der Waals surface area contributed by atoms with Crippen LogP contribution in [0.2, 0.25) is 0 Å². The molecule has 1 heterocycles. The number of carboxylic acid groups (broad SMARTS) is 1. The number of piperidine rings is 1. The monoisotopic (exact) mass is 243 g/mol. The Labute approximate surface area is 102 Å². The van der Waals surface area contributed by atoms with E-state index in [2.05, 4.69) is 0 Å². The van der Waals surface area contributed by atoms with E-state index in [0.29, 0.717) is 32.5 Å². The van der Waals surface area contributed by atoms with Crippen molar-refractivity contribution in [2.45, 2.75) is 32.6 Å². The lowest BCUT2D eigenvalue weighted by Crippen LogP contribution is -2.43. The summed E-state index contributed by atoms with van der Waals surface area (Å²) in [5, 5.41) is 8.92. The van der Waals surface area contributed by atoms with E-state index in [1.807, 2.05) is 6.92 Å². The molecule has 1 unspecified atom stereocenters. The average Bonchev–Trinajstić information content (AvgIpc) is 2.30. The number of rotatable bonds is 7. The molecule has 98 valence electrons. The van der Waals surface area contributed by atoms with Gasteiger partial charge in [-0.1, -0.05) is 6.92 Å². The topological polar surface area (TPSA) is 66.8 Å². The molecule has 0 spiro atoms. The standard InChI is InChI=1S/C12H21NO4/c1-2-7-17-8-3-6-13-9-10(12(15)16)4-5-11(13)14/h10H,2-9H2,1H3,(H,15,16). The second-order valence-electron chi connectivity index (χ2n) is 4.38. The van der Waals surface area contributed by atoms with Gasteiger partial charge in [0.1, 0.15) is 0 Å². The fourth-order valence-electron chi connectivity index (χ4n) is 1.94. The SMILES string of the molecule is CCCOCCCN1CC(C(=O)O)CCC1=O. The molecule has 1 N–H and O–H groups in total. The Morgan fingerprint density at radius 2 is 2.29 bits per heavy atom. The number of carbonyl (C=O) groups is 2. The maximum atomic E-state index is 11.6. The van der Waals surface area contributed by atoms with Gasteiger partial charge in [0.25, 0.3) is 0 Å². The number of hydrogen-bond donors (Lipinski definition) is 1. The molecule has 17 heavy (non-hydrogen) atoms. The van der Waals surface area contributed by atoms with Crippen molar-refractivity contribution >= 4 is 11.9 Å². The number of amides is 1. The smallest absolute Gasteiger partial charge is 0.308 e. The second kappa shape index (κ2) is 7.27. The van der Waals surface area contributed by atoms with Crippen LogP contribution in [0.15, 0.2) is 0 Å². The number of likely N-dealkylation sites (tertiary alicyclic amines) is 1. The third-order valence-corrected chi connectivity index (χ3v) is 2.91. The molecule has 0 saturated carbocycles. The minimum Gasteiger partial charge on any atom is -0.481 e. The number of carbonyl (C=O) groups excluding carboxylic acids is 1. The molecule has 5 heteroatoms. The molecule has 1 aliphatic rings. The van der Waals surface area contributed by atoms with Crippen LogP contribution in [0.25, 0.3) is 0 Å². The molecule has 1 aliphatic heterocycles. The number of nitrogens with zero attached hydrogens (tertiary/aromatic N) is 1. The van der Waals surface area contributed by atoms with Crippen LogP contribution in [0.1, 0.15) is 32.6 Å². The van der Waals surface area contributed by atoms with Crippen molar-refractivity contribution in [2.75, 3.05) is 26.3 Å². The highest BCUT2D eigenvalue weighted by atomic mass is 16.5. The van der Waals surface area contributed by atoms with Crippen molar-refractivity contribution in [3.05, 3.63) is 0 Å². The minimum atomic E-state index is -0.801. The van der Waals surface area contributed by atoms with Gasteiger partial charge in [-0.25, -0.2) is 0 Å². The first-order valence-electron chi connectivity index (χ1n) is 6.23. The number of aliphatic carboxylic acids is 1. The molecule has 0 aromatic carbocycles. The Kier molecular flexibility index (Phi) is 5.97. The van der Waals surface area contributed by atoms with E-state index in [-0.39, 0.29) is 5.91 Å². The predicted octanol–water partition coefficient (Wildman–Crippen LogP) is 1.13. The first kappa shape index (κ1) is 14.0. The minimum absolute atomic E-state index is 0.0676. The quantitative estimate of drug-likeness (QED) is 0.681. The third-order valence-electron chi connectivity index (χ3n) is 2.91. The Morgan fingerprint density at radius 1 is 1.53 bits per heavy atom. The normalized spacial score (nSPS) is 20.6. The summed E-state index contributed by atoms with van der Waals surface area (Å²) in [5.41, 5.74) is 0. The van der Waals surface area contributed by atoms with Crippen molar-refractivity contribution in [2.24, 2.45) is 5.92 Å². The molecule has 0 aliphatic carbocycles. The van der Waals surface area contributed by atoms with E-state index < -0.39 is 11.9 Å². The van der Waals surface area contributed by atoms with E-state index in [1.165, 1.54) is 0 Å². The summed E-state index contributed by atoms with van der Waals surface area (Å²) in [6.45, 7) is 4.38. The highest BCUT2D eigenvalue weighted by molar-refractivity contribution is 5.80. The van der Waals surface area contributed by atoms with Gasteiger partial charge in [-0.3, -0.25) is 9.59 Å². The Morgan fingerprint density at radius 3 is 2.94 bits per heavy atom. The lowest BCUT2D eigenvalue weighted by atomic mass is 9.98. The maximum Gasteiger partial charge on any atom is 0.308 e. The summed E-state index contributed by atoms with van der Waals surface area (Å²) >= 11 is 0. The summed E-state index contributed by atoms with van der Waals surface area (Å²) in [5.74, 6) is -1.13. The van der Waals surface area contributed by atoms with Crippen molar-refractivity contribution in [3.63, 3.8) is 0 Å². The molecule has 1 atom stereocenters. The lowest BCUT2D eigenvalue weighted by molar-refractivity contribution is -0.147. The molecule has 0 aromatic rings. The largest absolute Gasteiger partial charge is 0.481 e. The van der Waals surface area contributed by atoms with Gasteiger partial charge >= 0.3 is 5.97 Å². The number of hydrogen-bond acceptors (Lipinski definition) is 3. The van der Waals surface area contributed by atoms with E-state index in [4.69, 9.17) is 9.84 Å². The first-order chi connectivity index (χ1) is 8.15. The van der Waals surface area contributed by atoms with Crippen molar-refractivity contribution < 1.29 is 19.4 Å². The van der Waals surface area contributed by atoms with Crippen LogP contribution in [0.5, 0.6) is 0 Å². The highest BCUT2D eigenvalue weighted by Gasteiger charge is 2.29. The number of carboxylic acids is 1. The average molecular weight is 243 g/mol. The molecule has 0 aromatic heterocycles. The molecule has 0 bridgehead atoms. The van der Waals surface area contributed by atoms with Crippen LogP contribution < -0.4 is 0 Å². The lowest BCUT2D eigenvalue weighted by Gasteiger charge is -2.30. The molecule has 1 amide bonds. The zero-order valence-corrected chi connectivity index (χ0v) is 10.4. The Hall–Kier alpha value is -1.10. The zero-order chi connectivity index (χ0) is 12.7. The highest BCUT2D eigenvalue weighted by Crippen LogP contribution is 2.17. The summed E-state index contributed by atoms with van der Waals surface area (Å²) in [7, 11) is 0. The van der Waals surface area contributed by atoms with Gasteiger partial charge in [-0.2, -0.15) is 0 Å². The van der Waals surface area contributed by atoms with Crippen LogP contribution in [0, 0.1) is 5.92 Å². The third kappa shape index (κ3) is 4.73. The number of ether oxygens (including phenoxy) is 1. The van der Waals surface area contributed by atoms with Crippen LogP contribution in [0.3, 0.4) is 0 Å². The van der Waals surface area contributed by atoms with Gasteiger partial charge in [0.05, 0.1) is 5.92 Å². The van der Waals surface area contributed by atoms with E-state index in [9.17, 15) is 9.59 Å². The van der Waals surface area contributed by atoms with Gasteiger partial charge in [-0.15, -0.1) is 0 Å². The van der Waals surface area contributed by atoms with Crippen LogP contribution in [0.4, 0.5) is 0 Å². The van der Waals surface area contributed by atoms with Crippen molar-refractivity contribution in [1.29, 1.82) is 0 Å².